The fraction of sp³-hybridized carbons (Fsp3) is 0.250. The van der Waals surface area contributed by atoms with Gasteiger partial charge in [-0.1, -0.05) is 35.9 Å². The molecule has 0 aliphatic rings. The number of benzene rings is 2. The van der Waals surface area contributed by atoms with Crippen LogP contribution in [0.1, 0.15) is 28.3 Å². The van der Waals surface area contributed by atoms with Crippen LogP contribution in [-0.2, 0) is 6.42 Å². The lowest BCUT2D eigenvalue weighted by atomic mass is 9.97. The third-order valence-corrected chi connectivity index (χ3v) is 4.97. The number of halogens is 2. The van der Waals surface area contributed by atoms with Gasteiger partial charge in [-0.15, -0.1) is 0 Å². The average molecular weight is 386 g/mol. The van der Waals surface area contributed by atoms with Crippen LogP contribution in [0.4, 0.5) is 0 Å². The van der Waals surface area contributed by atoms with Gasteiger partial charge in [-0.05, 0) is 77.2 Å². The topological polar surface area (TPSA) is 26.0 Å². The predicted molar refractivity (Wildman–Crippen MR) is 90.7 cm³/mol. The molecular weight excluding hydrogens is 369 g/mol. The second-order valence-corrected chi connectivity index (χ2v) is 6.47. The molecule has 1 atom stereocenters. The Hall–Kier alpha value is -0.580. The second kappa shape index (κ2) is 6.25. The smallest absolute Gasteiger partial charge is 0.0542 e. The SMILES string of the molecule is Cc1ccc(CC(N)c2ccc(I)c(Cl)c2)cc1C. The summed E-state index contributed by atoms with van der Waals surface area (Å²) in [6, 6.07) is 12.5. The minimum atomic E-state index is -0.0170. The fourth-order valence-corrected chi connectivity index (χ4v) is 2.57. The van der Waals surface area contributed by atoms with Crippen LogP contribution in [0.25, 0.3) is 0 Å². The summed E-state index contributed by atoms with van der Waals surface area (Å²) >= 11 is 8.37. The van der Waals surface area contributed by atoms with Crippen molar-refractivity contribution in [2.24, 2.45) is 5.73 Å². The lowest BCUT2D eigenvalue weighted by Crippen LogP contribution is -2.13. The second-order valence-electron chi connectivity index (χ2n) is 4.90. The zero-order chi connectivity index (χ0) is 14.0. The molecule has 0 amide bonds. The van der Waals surface area contributed by atoms with Crippen molar-refractivity contribution >= 4 is 34.2 Å². The highest BCUT2D eigenvalue weighted by Gasteiger charge is 2.09. The van der Waals surface area contributed by atoms with Crippen molar-refractivity contribution in [3.05, 3.63) is 67.2 Å². The largest absolute Gasteiger partial charge is 0.324 e. The van der Waals surface area contributed by atoms with E-state index in [1.165, 1.54) is 16.7 Å². The van der Waals surface area contributed by atoms with Crippen molar-refractivity contribution in [3.8, 4) is 0 Å². The van der Waals surface area contributed by atoms with E-state index in [1.807, 2.05) is 12.1 Å². The third-order valence-electron chi connectivity index (χ3n) is 3.40. The van der Waals surface area contributed by atoms with Gasteiger partial charge in [0.2, 0.25) is 0 Å². The monoisotopic (exact) mass is 385 g/mol. The maximum atomic E-state index is 6.27. The summed E-state index contributed by atoms with van der Waals surface area (Å²) in [6.45, 7) is 4.25. The van der Waals surface area contributed by atoms with E-state index in [0.29, 0.717) is 0 Å². The lowest BCUT2D eigenvalue weighted by molar-refractivity contribution is 0.721. The van der Waals surface area contributed by atoms with E-state index in [4.69, 9.17) is 17.3 Å². The molecule has 0 aliphatic heterocycles. The van der Waals surface area contributed by atoms with Crippen LogP contribution in [0.5, 0.6) is 0 Å². The molecule has 0 saturated heterocycles. The molecule has 0 aliphatic carbocycles. The van der Waals surface area contributed by atoms with E-state index in [-0.39, 0.29) is 6.04 Å². The molecule has 19 heavy (non-hydrogen) atoms. The van der Waals surface area contributed by atoms with E-state index in [1.54, 1.807) is 0 Å². The van der Waals surface area contributed by atoms with Crippen molar-refractivity contribution in [2.45, 2.75) is 26.3 Å². The molecule has 0 fully saturated rings. The molecule has 0 saturated carbocycles. The van der Waals surface area contributed by atoms with Crippen molar-refractivity contribution in [1.82, 2.24) is 0 Å². The number of hydrogen-bond donors (Lipinski definition) is 1. The van der Waals surface area contributed by atoms with Gasteiger partial charge in [-0.25, -0.2) is 0 Å². The first-order valence-corrected chi connectivity index (χ1v) is 7.69. The highest BCUT2D eigenvalue weighted by Crippen LogP contribution is 2.24. The first-order valence-electron chi connectivity index (χ1n) is 6.24. The van der Waals surface area contributed by atoms with Crippen LogP contribution in [0, 0.1) is 17.4 Å². The normalized spacial score (nSPS) is 12.5. The summed E-state index contributed by atoms with van der Waals surface area (Å²) in [7, 11) is 0. The van der Waals surface area contributed by atoms with Gasteiger partial charge in [0.15, 0.2) is 0 Å². The van der Waals surface area contributed by atoms with Gasteiger partial charge in [-0.2, -0.15) is 0 Å². The zero-order valence-corrected chi connectivity index (χ0v) is 14.0. The third kappa shape index (κ3) is 3.71. The molecule has 0 heterocycles. The Morgan fingerprint density at radius 1 is 1.11 bits per heavy atom. The summed E-state index contributed by atoms with van der Waals surface area (Å²) in [6.07, 6.45) is 0.831. The molecule has 0 spiro atoms. The average Bonchev–Trinajstić information content (AvgIpc) is 2.37. The van der Waals surface area contributed by atoms with Gasteiger partial charge in [0.05, 0.1) is 5.02 Å². The van der Waals surface area contributed by atoms with Gasteiger partial charge in [-0.3, -0.25) is 0 Å². The maximum absolute atomic E-state index is 6.27. The molecule has 1 unspecified atom stereocenters. The Morgan fingerprint density at radius 3 is 2.47 bits per heavy atom. The van der Waals surface area contributed by atoms with Gasteiger partial charge in [0, 0.05) is 9.61 Å². The van der Waals surface area contributed by atoms with Crippen LogP contribution in [0.15, 0.2) is 36.4 Å². The number of aryl methyl sites for hydroxylation is 2. The van der Waals surface area contributed by atoms with Crippen molar-refractivity contribution in [1.29, 1.82) is 0 Å². The van der Waals surface area contributed by atoms with Crippen LogP contribution in [0.3, 0.4) is 0 Å². The Labute approximate surface area is 133 Å². The lowest BCUT2D eigenvalue weighted by Gasteiger charge is -2.14. The van der Waals surface area contributed by atoms with Crippen LogP contribution in [-0.4, -0.2) is 0 Å². The Balaban J connectivity index is 2.17. The Kier molecular flexibility index (Phi) is 4.87. The molecule has 2 aromatic rings. The molecule has 2 N–H and O–H groups in total. The maximum Gasteiger partial charge on any atom is 0.0542 e. The Morgan fingerprint density at radius 2 is 1.84 bits per heavy atom. The quantitative estimate of drug-likeness (QED) is 0.754. The van der Waals surface area contributed by atoms with E-state index in [2.05, 4.69) is 60.7 Å². The fourth-order valence-electron chi connectivity index (χ4n) is 2.05. The number of rotatable bonds is 3. The molecule has 3 heteroatoms. The summed E-state index contributed by atoms with van der Waals surface area (Å²) in [5.41, 5.74) is 11.3. The summed E-state index contributed by atoms with van der Waals surface area (Å²) in [5.74, 6) is 0. The standard InChI is InChI=1S/C16H17ClIN/c1-10-3-4-12(7-11(10)2)8-16(19)13-5-6-15(18)14(17)9-13/h3-7,9,16H,8,19H2,1-2H3. The van der Waals surface area contributed by atoms with E-state index in [9.17, 15) is 0 Å². The molecular formula is C16H17ClIN. The van der Waals surface area contributed by atoms with Crippen molar-refractivity contribution < 1.29 is 0 Å². The summed E-state index contributed by atoms with van der Waals surface area (Å²) in [5, 5.41) is 0.772. The van der Waals surface area contributed by atoms with Crippen LogP contribution in [0.2, 0.25) is 5.02 Å². The first-order chi connectivity index (χ1) is 8.97. The molecule has 0 aromatic heterocycles. The first kappa shape index (κ1) is 14.8. The predicted octanol–water partition coefficient (Wildman–Crippen LogP) is 4.80. The van der Waals surface area contributed by atoms with Gasteiger partial charge in [0.1, 0.15) is 0 Å². The van der Waals surface area contributed by atoms with E-state index in [0.717, 1.165) is 20.6 Å². The molecule has 0 bridgehead atoms. The van der Waals surface area contributed by atoms with Crippen molar-refractivity contribution in [3.63, 3.8) is 0 Å². The highest BCUT2D eigenvalue weighted by molar-refractivity contribution is 14.1. The van der Waals surface area contributed by atoms with Gasteiger partial charge >= 0.3 is 0 Å². The van der Waals surface area contributed by atoms with Crippen molar-refractivity contribution in [2.75, 3.05) is 0 Å². The van der Waals surface area contributed by atoms with Gasteiger partial charge < -0.3 is 5.73 Å². The molecule has 100 valence electrons. The molecule has 1 nitrogen and oxygen atoms in total. The number of nitrogens with two attached hydrogens (primary N) is 1. The van der Waals surface area contributed by atoms with Crippen LogP contribution < -0.4 is 5.73 Å². The minimum Gasteiger partial charge on any atom is -0.324 e. The minimum absolute atomic E-state index is 0.0170. The van der Waals surface area contributed by atoms with Gasteiger partial charge in [0.25, 0.3) is 0 Å². The van der Waals surface area contributed by atoms with E-state index < -0.39 is 0 Å². The zero-order valence-electron chi connectivity index (χ0n) is 11.1. The van der Waals surface area contributed by atoms with Crippen LogP contribution >= 0.6 is 34.2 Å². The highest BCUT2D eigenvalue weighted by atomic mass is 127. The van der Waals surface area contributed by atoms with E-state index >= 15 is 0 Å². The molecule has 2 aromatic carbocycles. The molecule has 0 radical (unpaired) electrons. The summed E-state index contributed by atoms with van der Waals surface area (Å²) < 4.78 is 1.06. The molecule has 2 rings (SSSR count). The number of hydrogen-bond acceptors (Lipinski definition) is 1. The summed E-state index contributed by atoms with van der Waals surface area (Å²) in [4.78, 5) is 0. The Bertz CT molecular complexity index is 595.